The number of thioether (sulfide) groups is 1. The van der Waals surface area contributed by atoms with Crippen LogP contribution in [-0.2, 0) is 6.42 Å². The fourth-order valence-electron chi connectivity index (χ4n) is 1.88. The van der Waals surface area contributed by atoms with Crippen molar-refractivity contribution in [1.29, 1.82) is 0 Å². The Morgan fingerprint density at radius 1 is 1.05 bits per heavy atom. The SMILES string of the molecule is NC(Cc1ccccc1)C(O)CSc1ccccc1Cl. The molecule has 0 amide bonds. The zero-order chi connectivity index (χ0) is 14.4. The first-order valence-corrected chi connectivity index (χ1v) is 7.88. The fourth-order valence-corrected chi connectivity index (χ4v) is 3.16. The van der Waals surface area contributed by atoms with Gasteiger partial charge in [-0.15, -0.1) is 11.8 Å². The Labute approximate surface area is 129 Å². The van der Waals surface area contributed by atoms with E-state index in [1.54, 1.807) is 0 Å². The number of hydrogen-bond donors (Lipinski definition) is 2. The van der Waals surface area contributed by atoms with Crippen LogP contribution >= 0.6 is 23.4 Å². The maximum atomic E-state index is 10.1. The Morgan fingerprint density at radius 3 is 2.40 bits per heavy atom. The molecule has 2 aromatic rings. The molecule has 0 fully saturated rings. The third-order valence-electron chi connectivity index (χ3n) is 3.05. The number of aliphatic hydroxyl groups is 1. The van der Waals surface area contributed by atoms with Crippen LogP contribution < -0.4 is 5.73 Å². The van der Waals surface area contributed by atoms with Gasteiger partial charge in [-0.25, -0.2) is 0 Å². The number of hydrogen-bond acceptors (Lipinski definition) is 3. The van der Waals surface area contributed by atoms with Crippen molar-refractivity contribution in [3.8, 4) is 0 Å². The second-order valence-electron chi connectivity index (χ2n) is 4.66. The Kier molecular flexibility index (Phi) is 5.92. The van der Waals surface area contributed by atoms with Gasteiger partial charge in [-0.05, 0) is 24.1 Å². The van der Waals surface area contributed by atoms with Gasteiger partial charge in [-0.1, -0.05) is 54.1 Å². The molecule has 0 spiro atoms. The number of rotatable bonds is 6. The Balaban J connectivity index is 1.85. The molecule has 2 unspecified atom stereocenters. The summed E-state index contributed by atoms with van der Waals surface area (Å²) in [7, 11) is 0. The van der Waals surface area contributed by atoms with Crippen LogP contribution in [-0.4, -0.2) is 23.0 Å². The van der Waals surface area contributed by atoms with Crippen molar-refractivity contribution in [1.82, 2.24) is 0 Å². The number of nitrogens with two attached hydrogens (primary N) is 1. The van der Waals surface area contributed by atoms with E-state index in [-0.39, 0.29) is 6.04 Å². The molecule has 0 aliphatic heterocycles. The minimum absolute atomic E-state index is 0.271. The van der Waals surface area contributed by atoms with Gasteiger partial charge in [0.15, 0.2) is 0 Å². The predicted octanol–water partition coefficient (Wildman–Crippen LogP) is 3.36. The highest BCUT2D eigenvalue weighted by Gasteiger charge is 2.16. The van der Waals surface area contributed by atoms with Gasteiger partial charge in [-0.3, -0.25) is 0 Å². The molecule has 2 aromatic carbocycles. The average Bonchev–Trinajstić information content (AvgIpc) is 2.47. The van der Waals surface area contributed by atoms with E-state index in [1.807, 2.05) is 54.6 Å². The van der Waals surface area contributed by atoms with Crippen LogP contribution in [0.15, 0.2) is 59.5 Å². The summed E-state index contributed by atoms with van der Waals surface area (Å²) >= 11 is 7.62. The lowest BCUT2D eigenvalue weighted by molar-refractivity contribution is 0.167. The molecule has 0 saturated carbocycles. The fraction of sp³-hybridized carbons (Fsp3) is 0.250. The largest absolute Gasteiger partial charge is 0.391 e. The third kappa shape index (κ3) is 4.53. The van der Waals surface area contributed by atoms with Crippen LogP contribution in [0.25, 0.3) is 0 Å². The van der Waals surface area contributed by atoms with E-state index in [1.165, 1.54) is 11.8 Å². The highest BCUT2D eigenvalue weighted by Crippen LogP contribution is 2.27. The van der Waals surface area contributed by atoms with E-state index in [4.69, 9.17) is 17.3 Å². The minimum atomic E-state index is -0.559. The standard InChI is InChI=1S/C16H18ClNOS/c17-13-8-4-5-9-16(13)20-11-15(19)14(18)10-12-6-2-1-3-7-12/h1-9,14-15,19H,10-11,18H2. The van der Waals surface area contributed by atoms with Crippen molar-refractivity contribution in [3.63, 3.8) is 0 Å². The summed E-state index contributed by atoms with van der Waals surface area (Å²) in [5, 5.41) is 10.9. The zero-order valence-electron chi connectivity index (χ0n) is 11.1. The Morgan fingerprint density at radius 2 is 1.70 bits per heavy atom. The Bertz CT molecular complexity index is 535. The van der Waals surface area contributed by atoms with Crippen LogP contribution in [0.2, 0.25) is 5.02 Å². The Hall–Kier alpha value is -1.00. The molecule has 2 nitrogen and oxygen atoms in total. The van der Waals surface area contributed by atoms with Gasteiger partial charge in [0, 0.05) is 16.7 Å². The van der Waals surface area contributed by atoms with E-state index >= 15 is 0 Å². The molecule has 4 heteroatoms. The summed E-state index contributed by atoms with van der Waals surface area (Å²) in [4.78, 5) is 0.972. The molecule has 2 atom stereocenters. The number of aliphatic hydroxyl groups excluding tert-OH is 1. The normalized spacial score (nSPS) is 13.9. The van der Waals surface area contributed by atoms with E-state index in [2.05, 4.69) is 0 Å². The van der Waals surface area contributed by atoms with Crippen LogP contribution in [0.4, 0.5) is 0 Å². The van der Waals surface area contributed by atoms with Crippen molar-refractivity contribution >= 4 is 23.4 Å². The highest BCUT2D eigenvalue weighted by atomic mass is 35.5. The minimum Gasteiger partial charge on any atom is -0.391 e. The van der Waals surface area contributed by atoms with Gasteiger partial charge in [-0.2, -0.15) is 0 Å². The first-order chi connectivity index (χ1) is 9.66. The van der Waals surface area contributed by atoms with Crippen LogP contribution in [0.1, 0.15) is 5.56 Å². The molecule has 3 N–H and O–H groups in total. The zero-order valence-corrected chi connectivity index (χ0v) is 12.6. The molecule has 0 saturated heterocycles. The van der Waals surface area contributed by atoms with Crippen molar-refractivity contribution < 1.29 is 5.11 Å². The summed E-state index contributed by atoms with van der Waals surface area (Å²) in [5.41, 5.74) is 7.20. The van der Waals surface area contributed by atoms with Gasteiger partial charge in [0.05, 0.1) is 11.1 Å². The van der Waals surface area contributed by atoms with Gasteiger partial charge < -0.3 is 10.8 Å². The first kappa shape index (κ1) is 15.4. The quantitative estimate of drug-likeness (QED) is 0.804. The summed E-state index contributed by atoms with van der Waals surface area (Å²) in [6.07, 6.45) is 0.113. The second kappa shape index (κ2) is 7.70. The molecular weight excluding hydrogens is 290 g/mol. The number of benzene rings is 2. The topological polar surface area (TPSA) is 46.2 Å². The average molecular weight is 308 g/mol. The molecule has 0 aliphatic carbocycles. The van der Waals surface area contributed by atoms with Gasteiger partial charge in [0.1, 0.15) is 0 Å². The van der Waals surface area contributed by atoms with Crippen molar-refractivity contribution in [3.05, 3.63) is 65.2 Å². The second-order valence-corrected chi connectivity index (χ2v) is 6.13. The van der Waals surface area contributed by atoms with E-state index in [0.29, 0.717) is 17.2 Å². The molecule has 106 valence electrons. The lowest BCUT2D eigenvalue weighted by Crippen LogP contribution is -2.38. The molecule has 0 aromatic heterocycles. The molecule has 0 heterocycles. The van der Waals surface area contributed by atoms with Crippen LogP contribution in [0, 0.1) is 0 Å². The summed E-state index contributed by atoms with van der Waals surface area (Å²) in [6, 6.07) is 17.3. The predicted molar refractivity (Wildman–Crippen MR) is 86.3 cm³/mol. The van der Waals surface area contributed by atoms with Crippen LogP contribution in [0.5, 0.6) is 0 Å². The molecule has 0 bridgehead atoms. The monoisotopic (exact) mass is 307 g/mol. The summed E-state index contributed by atoms with van der Waals surface area (Å²) in [5.74, 6) is 0.539. The van der Waals surface area contributed by atoms with E-state index < -0.39 is 6.10 Å². The van der Waals surface area contributed by atoms with Crippen molar-refractivity contribution in [2.45, 2.75) is 23.5 Å². The third-order valence-corrected chi connectivity index (χ3v) is 4.67. The van der Waals surface area contributed by atoms with Gasteiger partial charge in [0.2, 0.25) is 0 Å². The van der Waals surface area contributed by atoms with Gasteiger partial charge in [0.25, 0.3) is 0 Å². The lowest BCUT2D eigenvalue weighted by Gasteiger charge is -2.18. The maximum absolute atomic E-state index is 10.1. The summed E-state index contributed by atoms with van der Waals surface area (Å²) < 4.78 is 0. The molecule has 2 rings (SSSR count). The molecular formula is C16H18ClNOS. The summed E-state index contributed by atoms with van der Waals surface area (Å²) in [6.45, 7) is 0. The molecule has 0 radical (unpaired) electrons. The first-order valence-electron chi connectivity index (χ1n) is 6.51. The smallest absolute Gasteiger partial charge is 0.0788 e. The van der Waals surface area contributed by atoms with Crippen LogP contribution in [0.3, 0.4) is 0 Å². The lowest BCUT2D eigenvalue weighted by atomic mass is 10.0. The van der Waals surface area contributed by atoms with Crippen molar-refractivity contribution in [2.75, 3.05) is 5.75 Å². The highest BCUT2D eigenvalue weighted by molar-refractivity contribution is 7.99. The molecule has 20 heavy (non-hydrogen) atoms. The van der Waals surface area contributed by atoms with E-state index in [9.17, 15) is 5.11 Å². The number of halogens is 1. The molecule has 0 aliphatic rings. The van der Waals surface area contributed by atoms with E-state index in [0.717, 1.165) is 10.5 Å². The van der Waals surface area contributed by atoms with Crippen molar-refractivity contribution in [2.24, 2.45) is 5.73 Å². The van der Waals surface area contributed by atoms with Gasteiger partial charge >= 0.3 is 0 Å². The maximum Gasteiger partial charge on any atom is 0.0788 e.